The molecule has 1 amide bonds. The normalized spacial score (nSPS) is 18.2. The maximum atomic E-state index is 12.1. The van der Waals surface area contributed by atoms with Gasteiger partial charge in [0.25, 0.3) is 0 Å². The summed E-state index contributed by atoms with van der Waals surface area (Å²) in [5.74, 6) is 0.610. The maximum Gasteiger partial charge on any atom is 0.410 e. The van der Waals surface area contributed by atoms with Crippen LogP contribution >= 0.6 is 0 Å². The molecule has 2 aromatic rings. The van der Waals surface area contributed by atoms with Gasteiger partial charge in [0, 0.05) is 6.54 Å². The van der Waals surface area contributed by atoms with Gasteiger partial charge in [-0.3, -0.25) is 4.90 Å². The Labute approximate surface area is 115 Å². The number of nitrogens with one attached hydrogen (secondary N) is 1. The average molecular weight is 273 g/mol. The molecule has 104 valence electrons. The Morgan fingerprint density at radius 1 is 1.40 bits per heavy atom. The molecule has 7 heteroatoms. The predicted molar refractivity (Wildman–Crippen MR) is 69.5 cm³/mol. The van der Waals surface area contributed by atoms with Gasteiger partial charge in [-0.15, -0.1) is 5.10 Å². The minimum Gasteiger partial charge on any atom is -0.445 e. The molecule has 1 aliphatic heterocycles. The number of aromatic amines is 1. The molecule has 0 bridgehead atoms. The standard InChI is InChI=1S/C13H15N5O2/c19-13(20-9-10-5-2-1-3-6-10)18-8-4-7-11(18)12-14-16-17-15-12/h1-3,5-6,11H,4,7-9H2,(H,14,15,16,17). The van der Waals surface area contributed by atoms with E-state index >= 15 is 0 Å². The lowest BCUT2D eigenvalue weighted by Gasteiger charge is -2.21. The number of aromatic nitrogens is 4. The van der Waals surface area contributed by atoms with Gasteiger partial charge in [0.2, 0.25) is 0 Å². The zero-order chi connectivity index (χ0) is 13.8. The average Bonchev–Trinajstić information content (AvgIpc) is 3.15. The zero-order valence-corrected chi connectivity index (χ0v) is 10.9. The van der Waals surface area contributed by atoms with Gasteiger partial charge in [0.1, 0.15) is 6.61 Å². The van der Waals surface area contributed by atoms with Crippen LogP contribution in [0.15, 0.2) is 30.3 Å². The second-order valence-electron chi connectivity index (χ2n) is 4.68. The Balaban J connectivity index is 1.62. The van der Waals surface area contributed by atoms with Crippen molar-refractivity contribution in [3.05, 3.63) is 41.7 Å². The zero-order valence-electron chi connectivity index (χ0n) is 10.9. The fourth-order valence-electron chi connectivity index (χ4n) is 2.38. The van der Waals surface area contributed by atoms with Crippen molar-refractivity contribution in [1.82, 2.24) is 25.5 Å². The first kappa shape index (κ1) is 12.6. The number of ether oxygens (including phenoxy) is 1. The van der Waals surface area contributed by atoms with Gasteiger partial charge in [0.15, 0.2) is 5.82 Å². The second-order valence-corrected chi connectivity index (χ2v) is 4.68. The third-order valence-corrected chi connectivity index (χ3v) is 3.37. The highest BCUT2D eigenvalue weighted by atomic mass is 16.6. The Bertz CT molecular complexity index is 557. The molecule has 1 aliphatic rings. The van der Waals surface area contributed by atoms with Crippen LogP contribution < -0.4 is 0 Å². The number of benzene rings is 1. The van der Waals surface area contributed by atoms with Crippen molar-refractivity contribution in [2.24, 2.45) is 0 Å². The molecule has 1 saturated heterocycles. The molecule has 1 aromatic carbocycles. The minimum absolute atomic E-state index is 0.117. The number of tetrazole rings is 1. The van der Waals surface area contributed by atoms with E-state index in [1.54, 1.807) is 4.90 Å². The highest BCUT2D eigenvalue weighted by Gasteiger charge is 2.33. The van der Waals surface area contributed by atoms with E-state index in [1.165, 1.54) is 0 Å². The van der Waals surface area contributed by atoms with Crippen molar-refractivity contribution in [3.8, 4) is 0 Å². The quantitative estimate of drug-likeness (QED) is 0.919. The van der Waals surface area contributed by atoms with Crippen LogP contribution in [-0.4, -0.2) is 38.2 Å². The molecule has 0 spiro atoms. The summed E-state index contributed by atoms with van der Waals surface area (Å²) in [5.41, 5.74) is 0.970. The van der Waals surface area contributed by atoms with Crippen molar-refractivity contribution in [3.63, 3.8) is 0 Å². The molecule has 1 aromatic heterocycles. The molecule has 1 N–H and O–H groups in total. The number of likely N-dealkylation sites (tertiary alicyclic amines) is 1. The lowest BCUT2D eigenvalue weighted by Crippen LogP contribution is -2.31. The Kier molecular flexibility index (Phi) is 3.58. The van der Waals surface area contributed by atoms with Crippen LogP contribution in [0.5, 0.6) is 0 Å². The summed E-state index contributed by atoms with van der Waals surface area (Å²) in [6, 6.07) is 9.50. The summed E-state index contributed by atoms with van der Waals surface area (Å²) in [7, 11) is 0. The van der Waals surface area contributed by atoms with E-state index in [4.69, 9.17) is 4.74 Å². The number of amides is 1. The van der Waals surface area contributed by atoms with Crippen LogP contribution in [0.2, 0.25) is 0 Å². The van der Waals surface area contributed by atoms with Crippen molar-refractivity contribution in [1.29, 1.82) is 0 Å². The monoisotopic (exact) mass is 273 g/mol. The summed E-state index contributed by atoms with van der Waals surface area (Å²) in [6.45, 7) is 0.941. The fraction of sp³-hybridized carbons (Fsp3) is 0.385. The molecule has 0 aliphatic carbocycles. The highest BCUT2D eigenvalue weighted by molar-refractivity contribution is 5.68. The van der Waals surface area contributed by atoms with Crippen molar-refractivity contribution in [2.75, 3.05) is 6.54 Å². The molecular weight excluding hydrogens is 258 g/mol. The number of carbonyl (C=O) groups is 1. The molecule has 7 nitrogen and oxygen atoms in total. The molecular formula is C13H15N5O2. The van der Waals surface area contributed by atoms with E-state index < -0.39 is 0 Å². The van der Waals surface area contributed by atoms with E-state index in [9.17, 15) is 4.79 Å². The molecule has 20 heavy (non-hydrogen) atoms. The van der Waals surface area contributed by atoms with E-state index in [0.717, 1.165) is 18.4 Å². The minimum atomic E-state index is -0.326. The smallest absolute Gasteiger partial charge is 0.410 e. The van der Waals surface area contributed by atoms with Crippen LogP contribution in [-0.2, 0) is 11.3 Å². The molecule has 1 fully saturated rings. The van der Waals surface area contributed by atoms with E-state index in [1.807, 2.05) is 30.3 Å². The number of carbonyl (C=O) groups excluding carboxylic acids is 1. The van der Waals surface area contributed by atoms with Gasteiger partial charge in [-0.05, 0) is 28.8 Å². The number of H-pyrrole nitrogens is 1. The number of hydrogen-bond acceptors (Lipinski definition) is 5. The molecule has 0 saturated carbocycles. The first-order chi connectivity index (χ1) is 9.84. The Hall–Kier alpha value is -2.44. The Morgan fingerprint density at radius 3 is 3.00 bits per heavy atom. The molecule has 3 rings (SSSR count). The molecule has 1 atom stereocenters. The summed E-state index contributed by atoms with van der Waals surface area (Å²) in [5, 5.41) is 13.7. The Morgan fingerprint density at radius 2 is 2.25 bits per heavy atom. The van der Waals surface area contributed by atoms with Gasteiger partial charge in [-0.25, -0.2) is 9.89 Å². The topological polar surface area (TPSA) is 84.0 Å². The first-order valence-corrected chi connectivity index (χ1v) is 6.55. The van der Waals surface area contributed by atoms with Gasteiger partial charge in [0.05, 0.1) is 6.04 Å². The molecule has 0 radical (unpaired) electrons. The highest BCUT2D eigenvalue weighted by Crippen LogP contribution is 2.29. The number of hydrogen-bond donors (Lipinski definition) is 1. The summed E-state index contributed by atoms with van der Waals surface area (Å²) in [6.07, 6.45) is 1.44. The number of nitrogens with zero attached hydrogens (tertiary/aromatic N) is 4. The third kappa shape index (κ3) is 2.61. The first-order valence-electron chi connectivity index (χ1n) is 6.55. The van der Waals surface area contributed by atoms with Crippen LogP contribution in [0.3, 0.4) is 0 Å². The van der Waals surface area contributed by atoms with Gasteiger partial charge in [-0.2, -0.15) is 0 Å². The second kappa shape index (κ2) is 5.68. The predicted octanol–water partition coefficient (Wildman–Crippen LogP) is 1.67. The largest absolute Gasteiger partial charge is 0.445 e. The van der Waals surface area contributed by atoms with Crippen LogP contribution in [0.25, 0.3) is 0 Å². The lowest BCUT2D eigenvalue weighted by atomic mass is 10.2. The van der Waals surface area contributed by atoms with Gasteiger partial charge < -0.3 is 4.74 Å². The van der Waals surface area contributed by atoms with E-state index in [-0.39, 0.29) is 18.7 Å². The molecule has 1 unspecified atom stereocenters. The van der Waals surface area contributed by atoms with Crippen molar-refractivity contribution < 1.29 is 9.53 Å². The van der Waals surface area contributed by atoms with E-state index in [0.29, 0.717) is 12.4 Å². The fourth-order valence-corrected chi connectivity index (χ4v) is 2.38. The van der Waals surface area contributed by atoms with E-state index in [2.05, 4.69) is 20.6 Å². The lowest BCUT2D eigenvalue weighted by molar-refractivity contribution is 0.0908. The van der Waals surface area contributed by atoms with Crippen molar-refractivity contribution in [2.45, 2.75) is 25.5 Å². The van der Waals surface area contributed by atoms with Crippen molar-refractivity contribution >= 4 is 6.09 Å². The number of rotatable bonds is 3. The van der Waals surface area contributed by atoms with Gasteiger partial charge >= 0.3 is 6.09 Å². The van der Waals surface area contributed by atoms with Crippen LogP contribution in [0, 0.1) is 0 Å². The van der Waals surface area contributed by atoms with Gasteiger partial charge in [-0.1, -0.05) is 30.3 Å². The summed E-state index contributed by atoms with van der Waals surface area (Å²) in [4.78, 5) is 13.8. The van der Waals surface area contributed by atoms with Crippen LogP contribution in [0.4, 0.5) is 4.79 Å². The van der Waals surface area contributed by atoms with Crippen LogP contribution in [0.1, 0.15) is 30.3 Å². The summed E-state index contributed by atoms with van der Waals surface area (Å²) >= 11 is 0. The SMILES string of the molecule is O=C(OCc1ccccc1)N1CCCC1c1nnn[nH]1. The maximum absolute atomic E-state index is 12.1. The third-order valence-electron chi connectivity index (χ3n) is 3.37. The molecule has 2 heterocycles. The summed E-state index contributed by atoms with van der Waals surface area (Å²) < 4.78 is 5.34.